The van der Waals surface area contributed by atoms with Crippen molar-refractivity contribution in [3.8, 4) is 0 Å². The summed E-state index contributed by atoms with van der Waals surface area (Å²) in [5, 5.41) is 11.6. The third-order valence-corrected chi connectivity index (χ3v) is 8.51. The molecule has 0 bridgehead atoms. The fourth-order valence-corrected chi connectivity index (χ4v) is 6.13. The molecule has 0 aliphatic carbocycles. The molecule has 1 atom stereocenters. The molecule has 0 aromatic heterocycles. The fourth-order valence-electron chi connectivity index (χ4n) is 4.49. The summed E-state index contributed by atoms with van der Waals surface area (Å²) in [6.07, 6.45) is 2.66. The Morgan fingerprint density at radius 3 is 2.26 bits per heavy atom. The number of benzene rings is 2. The van der Waals surface area contributed by atoms with Crippen molar-refractivity contribution < 1.29 is 27.9 Å². The molecular formula is C25H27ClN2O6S. The fraction of sp³-hybridized carbons (Fsp3) is 0.360. The molecule has 2 aliphatic rings. The first-order valence-corrected chi connectivity index (χ1v) is 13.2. The Balaban J connectivity index is 1.73. The largest absolute Gasteiger partial charge is 0.507 e. The van der Waals surface area contributed by atoms with Crippen LogP contribution >= 0.6 is 11.6 Å². The van der Waals surface area contributed by atoms with Crippen molar-refractivity contribution in [3.63, 3.8) is 0 Å². The minimum Gasteiger partial charge on any atom is -0.507 e. The van der Waals surface area contributed by atoms with Gasteiger partial charge < -0.3 is 14.7 Å². The average molecular weight is 519 g/mol. The summed E-state index contributed by atoms with van der Waals surface area (Å²) in [7, 11) is -2.15. The lowest BCUT2D eigenvalue weighted by atomic mass is 9.95. The number of ketones is 1. The summed E-state index contributed by atoms with van der Waals surface area (Å²) in [5.41, 5.74) is 0.780. The van der Waals surface area contributed by atoms with Gasteiger partial charge in [0.2, 0.25) is 10.0 Å². The van der Waals surface area contributed by atoms with E-state index in [2.05, 4.69) is 0 Å². The Hall–Kier alpha value is -2.72. The molecule has 1 N–H and O–H groups in total. The summed E-state index contributed by atoms with van der Waals surface area (Å²) in [6.45, 7) is 1.32. The summed E-state index contributed by atoms with van der Waals surface area (Å²) >= 11 is 6.02. The van der Waals surface area contributed by atoms with Gasteiger partial charge in [0.25, 0.3) is 11.7 Å². The number of rotatable bonds is 7. The maximum atomic E-state index is 13.0. The zero-order chi connectivity index (χ0) is 25.2. The average Bonchev–Trinajstić information content (AvgIpc) is 3.13. The van der Waals surface area contributed by atoms with Crippen molar-refractivity contribution in [1.82, 2.24) is 9.21 Å². The zero-order valence-electron chi connectivity index (χ0n) is 19.3. The molecule has 4 rings (SSSR count). The monoisotopic (exact) mass is 518 g/mol. The van der Waals surface area contributed by atoms with Crippen molar-refractivity contribution >= 4 is 39.1 Å². The number of aliphatic hydroxyl groups excluding tert-OH is 1. The van der Waals surface area contributed by atoms with Crippen LogP contribution in [0.15, 0.2) is 59.0 Å². The molecule has 186 valence electrons. The van der Waals surface area contributed by atoms with Gasteiger partial charge in [0, 0.05) is 37.3 Å². The number of sulfonamides is 1. The smallest absolute Gasteiger partial charge is 0.295 e. The number of halogens is 1. The maximum Gasteiger partial charge on any atom is 0.295 e. The number of piperidine rings is 1. The number of likely N-dealkylation sites (tertiary alicyclic amines) is 1. The van der Waals surface area contributed by atoms with Crippen LogP contribution in [0.3, 0.4) is 0 Å². The van der Waals surface area contributed by atoms with Gasteiger partial charge >= 0.3 is 0 Å². The van der Waals surface area contributed by atoms with E-state index in [1.165, 1.54) is 40.6 Å². The molecule has 0 spiro atoms. The third-order valence-electron chi connectivity index (χ3n) is 6.34. The van der Waals surface area contributed by atoms with E-state index in [1.807, 2.05) is 0 Å². The van der Waals surface area contributed by atoms with Gasteiger partial charge in [-0.1, -0.05) is 30.2 Å². The van der Waals surface area contributed by atoms with Crippen molar-refractivity contribution in [2.75, 3.05) is 33.4 Å². The van der Waals surface area contributed by atoms with Crippen LogP contribution < -0.4 is 0 Å². The van der Waals surface area contributed by atoms with E-state index in [9.17, 15) is 23.1 Å². The van der Waals surface area contributed by atoms with E-state index in [1.54, 1.807) is 24.3 Å². The summed E-state index contributed by atoms with van der Waals surface area (Å²) < 4.78 is 32.5. The van der Waals surface area contributed by atoms with Crippen molar-refractivity contribution in [3.05, 3.63) is 70.3 Å². The lowest BCUT2D eigenvalue weighted by Crippen LogP contribution is -2.35. The van der Waals surface area contributed by atoms with Crippen LogP contribution in [-0.2, 0) is 24.3 Å². The topological polar surface area (TPSA) is 104 Å². The minimum absolute atomic E-state index is 0.0694. The number of hydrogen-bond donors (Lipinski definition) is 1. The number of carbonyl (C=O) groups excluding carboxylic acids is 2. The normalized spacial score (nSPS) is 21.0. The predicted molar refractivity (Wildman–Crippen MR) is 131 cm³/mol. The molecule has 2 aliphatic heterocycles. The number of methoxy groups -OCH3 is 1. The molecule has 0 unspecified atom stereocenters. The SMILES string of the molecule is COCCN1C(=O)C(=O)/C(=C(/O)c2ccc(S(=O)(=O)N3CCCCC3)cc2)[C@H]1c1ccc(Cl)cc1. The summed E-state index contributed by atoms with van der Waals surface area (Å²) in [6, 6.07) is 11.6. The van der Waals surface area contributed by atoms with E-state index >= 15 is 0 Å². The van der Waals surface area contributed by atoms with Crippen molar-refractivity contribution in [1.29, 1.82) is 0 Å². The second-order valence-corrected chi connectivity index (χ2v) is 10.9. The molecule has 2 heterocycles. The molecule has 0 saturated carbocycles. The number of aliphatic hydroxyl groups is 1. The highest BCUT2D eigenvalue weighted by Gasteiger charge is 2.45. The van der Waals surface area contributed by atoms with Gasteiger partial charge in [-0.05, 0) is 54.8 Å². The van der Waals surface area contributed by atoms with E-state index in [0.29, 0.717) is 23.7 Å². The Kier molecular flexibility index (Phi) is 7.61. The Morgan fingerprint density at radius 2 is 1.66 bits per heavy atom. The first-order valence-electron chi connectivity index (χ1n) is 11.4. The van der Waals surface area contributed by atoms with Crippen LogP contribution in [0.2, 0.25) is 5.02 Å². The number of amides is 1. The Labute approximate surface area is 209 Å². The highest BCUT2D eigenvalue weighted by Crippen LogP contribution is 2.39. The highest BCUT2D eigenvalue weighted by molar-refractivity contribution is 7.89. The van der Waals surface area contributed by atoms with E-state index < -0.39 is 27.8 Å². The van der Waals surface area contributed by atoms with Gasteiger partial charge in [-0.25, -0.2) is 8.42 Å². The van der Waals surface area contributed by atoms with E-state index in [4.69, 9.17) is 16.3 Å². The van der Waals surface area contributed by atoms with E-state index in [-0.39, 0.29) is 34.9 Å². The first-order chi connectivity index (χ1) is 16.8. The molecule has 8 nitrogen and oxygen atoms in total. The van der Waals surface area contributed by atoms with Crippen LogP contribution in [0.25, 0.3) is 5.76 Å². The minimum atomic E-state index is -3.64. The molecular weight excluding hydrogens is 492 g/mol. The van der Waals surface area contributed by atoms with Crippen molar-refractivity contribution in [2.45, 2.75) is 30.2 Å². The molecule has 1 amide bonds. The van der Waals surface area contributed by atoms with Gasteiger partial charge in [0.15, 0.2) is 0 Å². The molecule has 2 aromatic rings. The number of hydrogen-bond acceptors (Lipinski definition) is 6. The maximum absolute atomic E-state index is 13.0. The lowest BCUT2D eigenvalue weighted by molar-refractivity contribution is -0.140. The van der Waals surface area contributed by atoms with Gasteiger partial charge in [0.1, 0.15) is 5.76 Å². The van der Waals surface area contributed by atoms with Crippen LogP contribution in [0.4, 0.5) is 0 Å². The van der Waals surface area contributed by atoms with Gasteiger partial charge in [0.05, 0.1) is 23.1 Å². The highest BCUT2D eigenvalue weighted by atomic mass is 35.5. The van der Waals surface area contributed by atoms with Crippen LogP contribution in [0.1, 0.15) is 36.4 Å². The molecule has 2 fully saturated rings. The van der Waals surface area contributed by atoms with Crippen LogP contribution in [0.5, 0.6) is 0 Å². The standard InChI is InChI=1S/C25H27ClN2O6S/c1-34-16-15-28-22(17-5-9-19(26)10-6-17)21(24(30)25(28)31)23(29)18-7-11-20(12-8-18)35(32,33)27-13-3-2-4-14-27/h5-12,22,29H,2-4,13-16H2,1H3/b23-21+/t22-/m1/s1. The third kappa shape index (κ3) is 4.99. The first kappa shape index (κ1) is 25.4. The molecule has 10 heteroatoms. The predicted octanol–water partition coefficient (Wildman–Crippen LogP) is 3.58. The Morgan fingerprint density at radius 1 is 1.03 bits per heavy atom. The molecule has 35 heavy (non-hydrogen) atoms. The lowest BCUT2D eigenvalue weighted by Gasteiger charge is -2.26. The molecule has 2 saturated heterocycles. The number of ether oxygens (including phenoxy) is 1. The van der Waals surface area contributed by atoms with Crippen LogP contribution in [0, 0.1) is 0 Å². The Bertz CT molecular complexity index is 1240. The molecule has 0 radical (unpaired) electrons. The quantitative estimate of drug-likeness (QED) is 0.341. The molecule has 2 aromatic carbocycles. The van der Waals surface area contributed by atoms with Crippen molar-refractivity contribution in [2.24, 2.45) is 0 Å². The number of carbonyl (C=O) groups is 2. The van der Waals surface area contributed by atoms with Crippen LogP contribution in [-0.4, -0.2) is 67.8 Å². The van der Waals surface area contributed by atoms with Gasteiger partial charge in [-0.2, -0.15) is 4.31 Å². The second kappa shape index (κ2) is 10.5. The van der Waals surface area contributed by atoms with E-state index in [0.717, 1.165) is 19.3 Å². The number of Topliss-reactive ketones (excluding diaryl/α,β-unsaturated/α-hetero) is 1. The summed E-state index contributed by atoms with van der Waals surface area (Å²) in [4.78, 5) is 27.3. The van der Waals surface area contributed by atoms with Gasteiger partial charge in [-0.3, -0.25) is 9.59 Å². The second-order valence-electron chi connectivity index (χ2n) is 8.53. The summed E-state index contributed by atoms with van der Waals surface area (Å²) in [5.74, 6) is -1.93. The van der Waals surface area contributed by atoms with Gasteiger partial charge in [-0.15, -0.1) is 0 Å². The zero-order valence-corrected chi connectivity index (χ0v) is 20.9. The number of nitrogens with zero attached hydrogens (tertiary/aromatic N) is 2.